The predicted molar refractivity (Wildman–Crippen MR) is 95.0 cm³/mol. The molecule has 1 saturated carbocycles. The van der Waals surface area contributed by atoms with E-state index in [1.54, 1.807) is 0 Å². The zero-order valence-electron chi connectivity index (χ0n) is 13.8. The van der Waals surface area contributed by atoms with Crippen LogP contribution in [-0.4, -0.2) is 36.8 Å². The van der Waals surface area contributed by atoms with E-state index in [9.17, 15) is 4.79 Å². The van der Waals surface area contributed by atoms with Crippen molar-refractivity contribution in [1.82, 2.24) is 10.6 Å². The maximum absolute atomic E-state index is 12.0. The first-order chi connectivity index (χ1) is 11.2. The Morgan fingerprint density at radius 2 is 1.91 bits per heavy atom. The molecule has 0 unspecified atom stereocenters. The van der Waals surface area contributed by atoms with Crippen molar-refractivity contribution in [2.75, 3.05) is 26.0 Å². The van der Waals surface area contributed by atoms with Crippen LogP contribution in [0.2, 0.25) is 0 Å². The summed E-state index contributed by atoms with van der Waals surface area (Å²) in [7, 11) is 0. The molecule has 0 atom stereocenters. The molecule has 2 fully saturated rings. The van der Waals surface area contributed by atoms with E-state index in [2.05, 4.69) is 41.2 Å². The summed E-state index contributed by atoms with van der Waals surface area (Å²) in [4.78, 5) is 12.0. The van der Waals surface area contributed by atoms with Crippen molar-refractivity contribution >= 4 is 17.8 Å². The maximum Gasteiger partial charge on any atom is 0.315 e. The smallest absolute Gasteiger partial charge is 0.315 e. The maximum atomic E-state index is 12.0. The molecule has 5 heteroatoms. The third kappa shape index (κ3) is 4.64. The van der Waals surface area contributed by atoms with Gasteiger partial charge in [0.25, 0.3) is 0 Å². The minimum absolute atomic E-state index is 0.0869. The number of hydrogen-bond donors (Lipinski definition) is 2. The average Bonchev–Trinajstić information content (AvgIpc) is 3.44. The fourth-order valence-corrected chi connectivity index (χ4v) is 3.80. The molecule has 3 rings (SSSR count). The number of benzene rings is 1. The minimum Gasteiger partial charge on any atom is -0.381 e. The third-order valence-electron chi connectivity index (χ3n) is 4.89. The summed E-state index contributed by atoms with van der Waals surface area (Å²) in [5.74, 6) is 0.780. The van der Waals surface area contributed by atoms with Crippen molar-refractivity contribution < 1.29 is 9.53 Å². The van der Waals surface area contributed by atoms with Gasteiger partial charge in [0.05, 0.1) is 0 Å². The molecule has 2 amide bonds. The van der Waals surface area contributed by atoms with Crippen LogP contribution in [0.4, 0.5) is 4.79 Å². The highest BCUT2D eigenvalue weighted by Gasteiger charge is 2.32. The van der Waals surface area contributed by atoms with Crippen molar-refractivity contribution in [3.63, 3.8) is 0 Å². The molecule has 126 valence electrons. The molecule has 0 spiro atoms. The number of rotatable bonds is 6. The Balaban J connectivity index is 1.41. The second kappa shape index (κ2) is 7.58. The number of amides is 2. The van der Waals surface area contributed by atoms with Gasteiger partial charge in [-0.05, 0) is 49.0 Å². The molecule has 1 heterocycles. The van der Waals surface area contributed by atoms with Crippen molar-refractivity contribution in [1.29, 1.82) is 0 Å². The second-order valence-corrected chi connectivity index (χ2v) is 7.83. The van der Waals surface area contributed by atoms with Crippen molar-refractivity contribution in [3.05, 3.63) is 35.4 Å². The van der Waals surface area contributed by atoms with Crippen LogP contribution >= 0.6 is 11.8 Å². The Bertz CT molecular complexity index is 522. The molecular formula is C18H26N2O2S. The predicted octanol–water partition coefficient (Wildman–Crippen LogP) is 3.28. The summed E-state index contributed by atoms with van der Waals surface area (Å²) in [6.45, 7) is 2.85. The number of carbonyl (C=O) groups is 1. The van der Waals surface area contributed by atoms with Crippen molar-refractivity contribution in [3.8, 4) is 0 Å². The lowest BCUT2D eigenvalue weighted by atomic mass is 9.99. The van der Waals surface area contributed by atoms with E-state index < -0.39 is 0 Å². The van der Waals surface area contributed by atoms with E-state index in [-0.39, 0.29) is 10.8 Å². The van der Waals surface area contributed by atoms with Gasteiger partial charge in [0, 0.05) is 31.1 Å². The van der Waals surface area contributed by atoms with Crippen LogP contribution in [0.5, 0.6) is 0 Å². The highest BCUT2D eigenvalue weighted by atomic mass is 32.2. The Kier molecular flexibility index (Phi) is 5.49. The number of carbonyl (C=O) groups excluding carboxylic acids is 1. The topological polar surface area (TPSA) is 50.4 Å². The fraction of sp³-hybridized carbons (Fsp3) is 0.611. The van der Waals surface area contributed by atoms with Gasteiger partial charge in [-0.3, -0.25) is 0 Å². The molecule has 1 aliphatic heterocycles. The molecule has 0 aromatic heterocycles. The highest BCUT2D eigenvalue weighted by molar-refractivity contribution is 8.00. The first-order valence-electron chi connectivity index (χ1n) is 8.44. The lowest BCUT2D eigenvalue weighted by molar-refractivity contribution is 0.0777. The second-order valence-electron chi connectivity index (χ2n) is 6.55. The number of hydrogen-bond acceptors (Lipinski definition) is 3. The van der Waals surface area contributed by atoms with E-state index in [4.69, 9.17) is 4.74 Å². The van der Waals surface area contributed by atoms with Crippen molar-refractivity contribution in [2.24, 2.45) is 0 Å². The number of nitrogens with one attached hydrogen (secondary N) is 2. The van der Waals surface area contributed by atoms with Gasteiger partial charge in [0.15, 0.2) is 0 Å². The number of ether oxygens (including phenoxy) is 1. The van der Waals surface area contributed by atoms with Crippen LogP contribution < -0.4 is 10.6 Å². The third-order valence-corrected chi connectivity index (χ3v) is 6.31. The standard InChI is InChI=1S/C18H26N2O2S/c1-23-18(8-10-22-11-9-18)13-20-17(21)19-12-14-2-4-15(5-3-14)16-6-7-16/h2-5,16H,6-13H2,1H3,(H2,19,20,21). The Morgan fingerprint density at radius 1 is 1.22 bits per heavy atom. The molecule has 2 aliphatic rings. The van der Waals surface area contributed by atoms with E-state index in [1.165, 1.54) is 18.4 Å². The molecule has 1 aromatic rings. The van der Waals surface area contributed by atoms with Crippen LogP contribution in [0.25, 0.3) is 0 Å². The highest BCUT2D eigenvalue weighted by Crippen LogP contribution is 2.39. The molecule has 4 nitrogen and oxygen atoms in total. The van der Waals surface area contributed by atoms with Crippen LogP contribution in [0.1, 0.15) is 42.7 Å². The molecule has 1 aromatic carbocycles. The van der Waals surface area contributed by atoms with Crippen LogP contribution in [0.15, 0.2) is 24.3 Å². The summed E-state index contributed by atoms with van der Waals surface area (Å²) in [5.41, 5.74) is 2.58. The minimum atomic E-state index is -0.0869. The van der Waals surface area contributed by atoms with Crippen LogP contribution in [-0.2, 0) is 11.3 Å². The van der Waals surface area contributed by atoms with E-state index in [0.717, 1.165) is 37.5 Å². The molecule has 1 aliphatic carbocycles. The van der Waals surface area contributed by atoms with Gasteiger partial charge in [-0.2, -0.15) is 11.8 Å². The van der Waals surface area contributed by atoms with Crippen molar-refractivity contribution in [2.45, 2.75) is 42.9 Å². The Labute approximate surface area is 142 Å². The lowest BCUT2D eigenvalue weighted by Gasteiger charge is -2.35. The first kappa shape index (κ1) is 16.7. The lowest BCUT2D eigenvalue weighted by Crippen LogP contribution is -2.47. The summed E-state index contributed by atoms with van der Waals surface area (Å²) < 4.78 is 5.55. The molecular weight excluding hydrogens is 308 g/mol. The van der Waals surface area contributed by atoms with Gasteiger partial charge in [-0.15, -0.1) is 0 Å². The van der Waals surface area contributed by atoms with Gasteiger partial charge in [0.1, 0.15) is 0 Å². The number of thioether (sulfide) groups is 1. The van der Waals surface area contributed by atoms with E-state index >= 15 is 0 Å². The van der Waals surface area contributed by atoms with Gasteiger partial charge in [0.2, 0.25) is 0 Å². The molecule has 2 N–H and O–H groups in total. The normalized spacial score (nSPS) is 20.0. The average molecular weight is 334 g/mol. The summed E-state index contributed by atoms with van der Waals surface area (Å²) >= 11 is 1.84. The van der Waals surface area contributed by atoms with Gasteiger partial charge < -0.3 is 15.4 Å². The fourth-order valence-electron chi connectivity index (χ4n) is 3.01. The monoisotopic (exact) mass is 334 g/mol. The van der Waals surface area contributed by atoms with Crippen LogP contribution in [0.3, 0.4) is 0 Å². The Hall–Kier alpha value is -1.20. The molecule has 0 radical (unpaired) electrons. The van der Waals surface area contributed by atoms with Gasteiger partial charge in [-0.25, -0.2) is 4.79 Å². The van der Waals surface area contributed by atoms with Gasteiger partial charge >= 0.3 is 6.03 Å². The zero-order valence-corrected chi connectivity index (χ0v) is 14.6. The zero-order chi connectivity index (χ0) is 16.1. The summed E-state index contributed by atoms with van der Waals surface area (Å²) in [6.07, 6.45) is 6.75. The molecule has 0 bridgehead atoms. The van der Waals surface area contributed by atoms with Gasteiger partial charge in [-0.1, -0.05) is 24.3 Å². The number of urea groups is 1. The SMILES string of the molecule is CSC1(CNC(=O)NCc2ccc(C3CC3)cc2)CCOCC1. The quantitative estimate of drug-likeness (QED) is 0.839. The van der Waals surface area contributed by atoms with Crippen LogP contribution in [0, 0.1) is 0 Å². The molecule has 1 saturated heterocycles. The Morgan fingerprint density at radius 3 is 2.52 bits per heavy atom. The first-order valence-corrected chi connectivity index (χ1v) is 9.67. The van der Waals surface area contributed by atoms with E-state index in [0.29, 0.717) is 13.1 Å². The van der Waals surface area contributed by atoms with E-state index in [1.807, 2.05) is 11.8 Å². The molecule has 23 heavy (non-hydrogen) atoms. The largest absolute Gasteiger partial charge is 0.381 e. The summed E-state index contributed by atoms with van der Waals surface area (Å²) in [6, 6.07) is 8.54. The summed E-state index contributed by atoms with van der Waals surface area (Å²) in [5, 5.41) is 5.98.